The van der Waals surface area contributed by atoms with Gasteiger partial charge >= 0.3 is 0 Å². The Balaban J connectivity index is 2.86. The Kier molecular flexibility index (Phi) is 0.572. The first kappa shape index (κ1) is 3.28. The van der Waals surface area contributed by atoms with Crippen molar-refractivity contribution in [2.24, 2.45) is 4.99 Å². The second-order valence-corrected chi connectivity index (χ2v) is 0.907. The fourth-order valence-electron chi connectivity index (χ4n) is 0.247. The highest BCUT2D eigenvalue weighted by Crippen LogP contribution is 1.82. The number of rotatable bonds is 0. The maximum Gasteiger partial charge on any atom is 0.270 e. The van der Waals surface area contributed by atoms with Crippen LogP contribution in [0.3, 0.4) is 0 Å². The molecule has 0 bridgehead atoms. The summed E-state index contributed by atoms with van der Waals surface area (Å²) < 4.78 is 0. The van der Waals surface area contributed by atoms with Crippen molar-refractivity contribution in [1.29, 1.82) is 0 Å². The molecule has 0 aromatic carbocycles. The van der Waals surface area contributed by atoms with Crippen molar-refractivity contribution >= 4 is 12.1 Å². The van der Waals surface area contributed by atoms with Crippen LogP contribution in [0.1, 0.15) is 0 Å². The normalized spacial score (nSPS) is 17.0. The molecule has 0 spiro atoms. The van der Waals surface area contributed by atoms with Gasteiger partial charge in [-0.05, 0) is 0 Å². The van der Waals surface area contributed by atoms with E-state index < -0.39 is 0 Å². The molecule has 0 aromatic rings. The molecule has 2 heteroatoms. The van der Waals surface area contributed by atoms with Gasteiger partial charge in [0.05, 0.1) is 0 Å². The van der Waals surface area contributed by atoms with Gasteiger partial charge in [0.2, 0.25) is 0 Å². The predicted octanol–water partition coefficient (Wildman–Crippen LogP) is -0.0432. The van der Waals surface area contributed by atoms with Crippen LogP contribution >= 0.6 is 0 Å². The zero-order valence-electron chi connectivity index (χ0n) is 3.01. The van der Waals surface area contributed by atoms with Crippen molar-refractivity contribution in [3.8, 4) is 0 Å². The lowest BCUT2D eigenvalue weighted by Gasteiger charge is -1.62. The molecular weight excluding hydrogens is 78.0 g/mol. The van der Waals surface area contributed by atoms with Gasteiger partial charge in [0.1, 0.15) is 0 Å². The van der Waals surface area contributed by atoms with Gasteiger partial charge in [0.15, 0.2) is 0 Å². The fourth-order valence-corrected chi connectivity index (χ4v) is 0.247. The van der Waals surface area contributed by atoms with Crippen molar-refractivity contribution in [2.45, 2.75) is 0 Å². The lowest BCUT2D eigenvalue weighted by Crippen LogP contribution is -1.75. The van der Waals surface area contributed by atoms with Crippen LogP contribution in [-0.2, 0) is 4.79 Å². The van der Waals surface area contributed by atoms with Gasteiger partial charge in [0.25, 0.3) is 5.91 Å². The highest BCUT2D eigenvalue weighted by atomic mass is 16.1. The molecule has 1 heterocycles. The number of carbonyl (C=O) groups is 1. The molecule has 29 valence electrons. The fraction of sp³-hybridized carbons (Fsp3) is 0. The number of carbonyl (C=O) groups excluding carboxylic acids is 1. The van der Waals surface area contributed by atoms with Crippen LogP contribution in [0.4, 0.5) is 0 Å². The summed E-state index contributed by atoms with van der Waals surface area (Å²) in [6, 6.07) is 0. The Morgan fingerprint density at radius 3 is 2.83 bits per heavy atom. The minimum atomic E-state index is -0.213. The molecule has 2 nitrogen and oxygen atoms in total. The molecule has 1 rings (SSSR count). The van der Waals surface area contributed by atoms with E-state index in [9.17, 15) is 4.79 Å². The first-order chi connectivity index (χ1) is 2.89. The smallest absolute Gasteiger partial charge is 0.267 e. The van der Waals surface area contributed by atoms with Crippen LogP contribution in [0.2, 0.25) is 0 Å². The lowest BCUT2D eigenvalue weighted by atomic mass is 10.6. The first-order valence-electron chi connectivity index (χ1n) is 1.55. The molecular formula is C4H2NO. The second-order valence-electron chi connectivity index (χ2n) is 0.907. The summed E-state index contributed by atoms with van der Waals surface area (Å²) in [4.78, 5) is 13.2. The number of aliphatic imine (C=N–C) groups is 1. The number of allylic oxidation sites excluding steroid dienone is 1. The minimum absolute atomic E-state index is 0.213. The van der Waals surface area contributed by atoms with Crippen LogP contribution in [-0.4, -0.2) is 12.1 Å². The maximum absolute atomic E-state index is 9.93. The molecule has 1 aliphatic heterocycles. The van der Waals surface area contributed by atoms with Crippen molar-refractivity contribution in [1.82, 2.24) is 0 Å². The van der Waals surface area contributed by atoms with Crippen molar-refractivity contribution < 1.29 is 4.79 Å². The molecule has 0 fully saturated rings. The van der Waals surface area contributed by atoms with Gasteiger partial charge in [-0.15, -0.1) is 0 Å². The Hall–Kier alpha value is -0.920. The lowest BCUT2D eigenvalue weighted by molar-refractivity contribution is -0.113. The Morgan fingerprint density at radius 2 is 2.67 bits per heavy atom. The summed E-state index contributed by atoms with van der Waals surface area (Å²) in [6.07, 6.45) is 5.15. The van der Waals surface area contributed by atoms with E-state index in [-0.39, 0.29) is 5.91 Å². The van der Waals surface area contributed by atoms with E-state index in [0.29, 0.717) is 0 Å². The molecule has 0 aromatic heterocycles. The van der Waals surface area contributed by atoms with Gasteiger partial charge in [0, 0.05) is 18.4 Å². The third-order valence-corrected chi connectivity index (χ3v) is 0.473. The molecule has 0 saturated carbocycles. The van der Waals surface area contributed by atoms with E-state index in [4.69, 9.17) is 0 Å². The predicted molar refractivity (Wildman–Crippen MR) is 21.3 cm³/mol. The third-order valence-electron chi connectivity index (χ3n) is 0.473. The van der Waals surface area contributed by atoms with Crippen LogP contribution in [0.15, 0.2) is 11.1 Å². The standard InChI is InChI=1S/C4H2NO/c6-4-2-1-3-5-4/h2-3H. The Labute approximate surface area is 35.2 Å². The van der Waals surface area contributed by atoms with Crippen LogP contribution in [0, 0.1) is 6.08 Å². The molecule has 6 heavy (non-hydrogen) atoms. The van der Waals surface area contributed by atoms with E-state index in [1.807, 2.05) is 0 Å². The first-order valence-corrected chi connectivity index (χ1v) is 1.55. The monoisotopic (exact) mass is 80.0 g/mol. The molecule has 0 saturated heterocycles. The number of nitrogens with zero attached hydrogens (tertiary/aromatic N) is 1. The molecule has 1 radical (unpaired) electrons. The molecule has 0 unspecified atom stereocenters. The Bertz CT molecular complexity index is 110. The molecule has 1 aliphatic rings. The molecule has 0 atom stereocenters. The average Bonchev–Trinajstić information content (AvgIpc) is 1.86. The average molecular weight is 80.1 g/mol. The molecule has 1 amide bonds. The largest absolute Gasteiger partial charge is 0.270 e. The SMILES string of the molecule is O=C1C=[C]C=N1. The van der Waals surface area contributed by atoms with E-state index in [1.54, 1.807) is 0 Å². The third kappa shape index (κ3) is 0.360. The van der Waals surface area contributed by atoms with Gasteiger partial charge in [-0.1, -0.05) is 0 Å². The van der Waals surface area contributed by atoms with Crippen LogP contribution in [0.5, 0.6) is 0 Å². The van der Waals surface area contributed by atoms with E-state index >= 15 is 0 Å². The highest BCUT2D eigenvalue weighted by molar-refractivity contribution is 6.01. The second kappa shape index (κ2) is 1.05. The number of amides is 1. The van der Waals surface area contributed by atoms with Gasteiger partial charge in [-0.3, -0.25) is 4.79 Å². The highest BCUT2D eigenvalue weighted by Gasteiger charge is 1.90. The zero-order valence-corrected chi connectivity index (χ0v) is 3.01. The summed E-state index contributed by atoms with van der Waals surface area (Å²) in [5.74, 6) is -0.213. The van der Waals surface area contributed by atoms with Crippen molar-refractivity contribution in [3.63, 3.8) is 0 Å². The summed E-state index contributed by atoms with van der Waals surface area (Å²) >= 11 is 0. The maximum atomic E-state index is 9.93. The van der Waals surface area contributed by atoms with Gasteiger partial charge < -0.3 is 0 Å². The quantitative estimate of drug-likeness (QED) is 0.401. The van der Waals surface area contributed by atoms with Gasteiger partial charge in [-0.2, -0.15) is 0 Å². The number of hydrogen-bond acceptors (Lipinski definition) is 1. The minimum Gasteiger partial charge on any atom is -0.267 e. The summed E-state index contributed by atoms with van der Waals surface area (Å²) in [5.41, 5.74) is 0. The van der Waals surface area contributed by atoms with Gasteiger partial charge in [-0.25, -0.2) is 4.99 Å². The van der Waals surface area contributed by atoms with Crippen molar-refractivity contribution in [2.75, 3.05) is 0 Å². The summed E-state index contributed by atoms with van der Waals surface area (Å²) in [7, 11) is 0. The number of hydrogen-bond donors (Lipinski definition) is 0. The van der Waals surface area contributed by atoms with E-state index in [1.165, 1.54) is 12.3 Å². The van der Waals surface area contributed by atoms with Crippen molar-refractivity contribution in [3.05, 3.63) is 12.2 Å². The van der Waals surface area contributed by atoms with E-state index in [2.05, 4.69) is 11.1 Å². The summed E-state index contributed by atoms with van der Waals surface area (Å²) in [6.45, 7) is 0. The molecule has 0 aliphatic carbocycles. The molecule has 0 N–H and O–H groups in total. The summed E-state index contributed by atoms with van der Waals surface area (Å²) in [5, 5.41) is 0. The Morgan fingerprint density at radius 1 is 1.83 bits per heavy atom. The van der Waals surface area contributed by atoms with Crippen LogP contribution < -0.4 is 0 Å². The van der Waals surface area contributed by atoms with E-state index in [0.717, 1.165) is 0 Å². The topological polar surface area (TPSA) is 29.4 Å². The van der Waals surface area contributed by atoms with Crippen LogP contribution in [0.25, 0.3) is 0 Å². The zero-order chi connectivity index (χ0) is 4.41.